The number of hydrogen-bond donors (Lipinski definition) is 0. The van der Waals surface area contributed by atoms with Gasteiger partial charge in [0.2, 0.25) is 0 Å². The number of halogens is 1. The van der Waals surface area contributed by atoms with Crippen molar-refractivity contribution in [1.82, 2.24) is 0 Å². The second-order valence-corrected chi connectivity index (χ2v) is 1.58. The number of carbonyl (C=O) groups is 1. The van der Waals surface area contributed by atoms with Gasteiger partial charge in [-0.1, -0.05) is 13.5 Å². The number of ether oxygens (including phenoxy) is 1. The van der Waals surface area contributed by atoms with E-state index in [0.717, 1.165) is 12.1 Å². The number of carbonyl (C=O) groups excluding carboxylic acids is 1. The molecule has 0 aliphatic heterocycles. The molecular formula is C6H11ClO2. The van der Waals surface area contributed by atoms with E-state index >= 15 is 0 Å². The third-order valence-electron chi connectivity index (χ3n) is 0.249. The SMILES string of the molecule is C=COC(C)=O.CCCl. The number of esters is 1. The molecule has 0 aliphatic carbocycles. The lowest BCUT2D eigenvalue weighted by atomic mass is 10.8. The van der Waals surface area contributed by atoms with Gasteiger partial charge in [-0.3, -0.25) is 4.79 Å². The Morgan fingerprint density at radius 3 is 2.22 bits per heavy atom. The maximum absolute atomic E-state index is 9.75. The van der Waals surface area contributed by atoms with Crippen molar-refractivity contribution in [2.45, 2.75) is 13.8 Å². The molecule has 0 unspecified atom stereocenters. The first kappa shape index (κ1) is 11.3. The highest BCUT2D eigenvalue weighted by atomic mass is 35.5. The number of alkyl halides is 1. The zero-order chi connectivity index (χ0) is 7.70. The van der Waals surface area contributed by atoms with Gasteiger partial charge in [0, 0.05) is 12.8 Å². The summed E-state index contributed by atoms with van der Waals surface area (Å²) >= 11 is 5.00. The van der Waals surface area contributed by atoms with Gasteiger partial charge in [-0.2, -0.15) is 0 Å². The Morgan fingerprint density at radius 2 is 2.22 bits per heavy atom. The van der Waals surface area contributed by atoms with E-state index in [1.54, 1.807) is 0 Å². The summed E-state index contributed by atoms with van der Waals surface area (Å²) in [6, 6.07) is 0. The van der Waals surface area contributed by atoms with E-state index in [0.29, 0.717) is 0 Å². The van der Waals surface area contributed by atoms with Crippen LogP contribution in [0.5, 0.6) is 0 Å². The molecule has 2 nitrogen and oxygen atoms in total. The van der Waals surface area contributed by atoms with E-state index in [1.165, 1.54) is 6.92 Å². The fourth-order valence-corrected chi connectivity index (χ4v) is 0.117. The molecule has 0 fully saturated rings. The molecule has 9 heavy (non-hydrogen) atoms. The van der Waals surface area contributed by atoms with Crippen LogP contribution in [0, 0.1) is 0 Å². The second-order valence-electron chi connectivity index (χ2n) is 1.04. The van der Waals surface area contributed by atoms with Gasteiger partial charge in [0.05, 0.1) is 6.26 Å². The highest BCUT2D eigenvalue weighted by Gasteiger charge is 1.79. The standard InChI is InChI=1S/C4H6O2.C2H5Cl/c1-3-6-4(2)5;1-2-3/h3H,1H2,2H3;2H2,1H3. The van der Waals surface area contributed by atoms with Gasteiger partial charge in [-0.05, 0) is 0 Å². The van der Waals surface area contributed by atoms with Crippen LogP contribution in [-0.2, 0) is 9.53 Å². The largest absolute Gasteiger partial charge is 0.435 e. The molecule has 0 spiro atoms. The first-order valence-electron chi connectivity index (χ1n) is 2.53. The highest BCUT2D eigenvalue weighted by Crippen LogP contribution is 1.70. The molecule has 0 saturated carbocycles. The van der Waals surface area contributed by atoms with Crippen LogP contribution in [0.2, 0.25) is 0 Å². The summed E-state index contributed by atoms with van der Waals surface area (Å²) in [5.41, 5.74) is 0. The van der Waals surface area contributed by atoms with Crippen molar-refractivity contribution < 1.29 is 9.53 Å². The maximum Gasteiger partial charge on any atom is 0.307 e. The zero-order valence-corrected chi connectivity index (χ0v) is 6.44. The third kappa shape index (κ3) is 36.3. The fraction of sp³-hybridized carbons (Fsp3) is 0.500. The molecule has 0 bridgehead atoms. The van der Waals surface area contributed by atoms with E-state index < -0.39 is 0 Å². The van der Waals surface area contributed by atoms with Crippen LogP contribution >= 0.6 is 11.6 Å². The van der Waals surface area contributed by atoms with Gasteiger partial charge in [-0.25, -0.2) is 0 Å². The summed E-state index contributed by atoms with van der Waals surface area (Å²) in [5, 5.41) is 0. The molecule has 0 rings (SSSR count). The van der Waals surface area contributed by atoms with Crippen LogP contribution in [0.15, 0.2) is 12.8 Å². The molecule has 0 amide bonds. The summed E-state index contributed by atoms with van der Waals surface area (Å²) in [6.45, 7) is 6.37. The van der Waals surface area contributed by atoms with Crippen molar-refractivity contribution in [2.24, 2.45) is 0 Å². The van der Waals surface area contributed by atoms with Gasteiger partial charge < -0.3 is 4.74 Å². The molecule has 0 aromatic rings. The Bertz CT molecular complexity index is 81.1. The lowest BCUT2D eigenvalue weighted by Crippen LogP contribution is -1.87. The van der Waals surface area contributed by atoms with E-state index in [1.807, 2.05) is 6.92 Å². The Balaban J connectivity index is 0. The summed E-state index contributed by atoms with van der Waals surface area (Å²) in [4.78, 5) is 9.75. The van der Waals surface area contributed by atoms with Gasteiger partial charge in [-0.15, -0.1) is 11.6 Å². The van der Waals surface area contributed by atoms with Crippen LogP contribution < -0.4 is 0 Å². The highest BCUT2D eigenvalue weighted by molar-refractivity contribution is 6.17. The van der Waals surface area contributed by atoms with Gasteiger partial charge >= 0.3 is 5.97 Å². The summed E-state index contributed by atoms with van der Waals surface area (Å²) in [5.74, 6) is 0.394. The molecule has 0 N–H and O–H groups in total. The van der Waals surface area contributed by atoms with Crippen LogP contribution in [0.4, 0.5) is 0 Å². The normalized spacial score (nSPS) is 6.56. The Kier molecular flexibility index (Phi) is 13.2. The zero-order valence-electron chi connectivity index (χ0n) is 5.69. The quantitative estimate of drug-likeness (QED) is 0.325. The molecular weight excluding hydrogens is 140 g/mol. The van der Waals surface area contributed by atoms with E-state index in [-0.39, 0.29) is 5.97 Å². The van der Waals surface area contributed by atoms with Crippen molar-refractivity contribution in [1.29, 1.82) is 0 Å². The smallest absolute Gasteiger partial charge is 0.307 e. The van der Waals surface area contributed by atoms with Crippen LogP contribution in [-0.4, -0.2) is 11.8 Å². The first-order chi connectivity index (χ1) is 4.18. The molecule has 0 atom stereocenters. The fourth-order valence-electron chi connectivity index (χ4n) is 0.117. The van der Waals surface area contributed by atoms with Crippen molar-refractivity contribution in [3.8, 4) is 0 Å². The average molecular weight is 151 g/mol. The Hall–Kier alpha value is -0.500. The molecule has 0 aliphatic rings. The minimum absolute atomic E-state index is 0.329. The van der Waals surface area contributed by atoms with E-state index in [4.69, 9.17) is 11.6 Å². The van der Waals surface area contributed by atoms with E-state index in [2.05, 4.69) is 11.3 Å². The first-order valence-corrected chi connectivity index (χ1v) is 3.06. The van der Waals surface area contributed by atoms with Gasteiger partial charge in [0.15, 0.2) is 0 Å². The minimum atomic E-state index is -0.329. The third-order valence-corrected chi connectivity index (χ3v) is 0.249. The molecule has 0 saturated heterocycles. The van der Waals surface area contributed by atoms with Gasteiger partial charge in [0.25, 0.3) is 0 Å². The predicted octanol–water partition coefficient (Wildman–Crippen LogP) is 1.94. The monoisotopic (exact) mass is 150 g/mol. The number of rotatable bonds is 1. The van der Waals surface area contributed by atoms with Crippen LogP contribution in [0.3, 0.4) is 0 Å². The van der Waals surface area contributed by atoms with E-state index in [9.17, 15) is 4.79 Å². The predicted molar refractivity (Wildman–Crippen MR) is 38.4 cm³/mol. The minimum Gasteiger partial charge on any atom is -0.435 e. The number of hydrogen-bond acceptors (Lipinski definition) is 2. The maximum atomic E-state index is 9.75. The molecule has 0 radical (unpaired) electrons. The van der Waals surface area contributed by atoms with Crippen molar-refractivity contribution in [3.63, 3.8) is 0 Å². The lowest BCUT2D eigenvalue weighted by Gasteiger charge is -1.83. The molecule has 0 heterocycles. The lowest BCUT2D eigenvalue weighted by molar-refractivity contribution is -0.135. The molecule has 0 aromatic carbocycles. The summed E-state index contributed by atoms with van der Waals surface area (Å²) in [7, 11) is 0. The Labute approximate surface area is 60.5 Å². The van der Waals surface area contributed by atoms with Crippen molar-refractivity contribution in [3.05, 3.63) is 12.8 Å². The molecule has 54 valence electrons. The van der Waals surface area contributed by atoms with Crippen molar-refractivity contribution >= 4 is 17.6 Å². The second kappa shape index (κ2) is 10.5. The van der Waals surface area contributed by atoms with Gasteiger partial charge in [0.1, 0.15) is 0 Å². The molecule has 0 aromatic heterocycles. The topological polar surface area (TPSA) is 26.3 Å². The molecule has 3 heteroatoms. The summed E-state index contributed by atoms with van der Waals surface area (Å²) < 4.78 is 4.17. The Morgan fingerprint density at radius 1 is 1.89 bits per heavy atom. The van der Waals surface area contributed by atoms with Crippen LogP contribution in [0.25, 0.3) is 0 Å². The summed E-state index contributed by atoms with van der Waals surface area (Å²) in [6.07, 6.45) is 1.10. The van der Waals surface area contributed by atoms with Crippen LogP contribution in [0.1, 0.15) is 13.8 Å². The van der Waals surface area contributed by atoms with Crippen molar-refractivity contribution in [2.75, 3.05) is 5.88 Å². The average Bonchev–Trinajstić information content (AvgIpc) is 1.67.